The Hall–Kier alpha value is -4.38. The monoisotopic (exact) mass is 547 g/mol. The van der Waals surface area contributed by atoms with Crippen LogP contribution in [0.4, 0.5) is 23.0 Å². The summed E-state index contributed by atoms with van der Waals surface area (Å²) in [4.78, 5) is 21.6. The van der Waals surface area contributed by atoms with Gasteiger partial charge in [0.15, 0.2) is 11.6 Å². The van der Waals surface area contributed by atoms with Gasteiger partial charge in [-0.1, -0.05) is 25.1 Å². The molecule has 1 aliphatic rings. The number of amides is 1. The normalized spacial score (nSPS) is 13.9. The molecule has 5 rings (SSSR count). The summed E-state index contributed by atoms with van der Waals surface area (Å²) >= 11 is 0. The van der Waals surface area contributed by atoms with Crippen molar-refractivity contribution in [1.82, 2.24) is 9.97 Å². The summed E-state index contributed by atoms with van der Waals surface area (Å²) in [6.07, 6.45) is 2.44. The van der Waals surface area contributed by atoms with E-state index in [1.54, 1.807) is 48.5 Å². The number of fused-ring (bicyclic) bond motifs is 1. The van der Waals surface area contributed by atoms with E-state index >= 15 is 0 Å². The Labute approximate surface area is 226 Å². The topological polar surface area (TPSA) is 132 Å². The Morgan fingerprint density at radius 1 is 0.872 bits per heavy atom. The van der Waals surface area contributed by atoms with Crippen molar-refractivity contribution in [3.8, 4) is 11.5 Å². The number of nitrogens with one attached hydrogen (secondary N) is 3. The average Bonchev–Trinajstić information content (AvgIpc) is 3.64. The molecule has 4 aromatic rings. The molecule has 3 aromatic carbocycles. The summed E-state index contributed by atoms with van der Waals surface area (Å²) in [5.41, 5.74) is 2.09. The highest BCUT2D eigenvalue weighted by atomic mass is 32.2. The first kappa shape index (κ1) is 26.2. The number of methoxy groups -OCH3 is 2. The Kier molecular flexibility index (Phi) is 7.00. The third-order valence-corrected chi connectivity index (χ3v) is 7.87. The average molecular weight is 548 g/mol. The molecule has 0 spiro atoms. The number of anilines is 4. The van der Waals surface area contributed by atoms with Crippen LogP contribution in [-0.2, 0) is 14.8 Å². The van der Waals surface area contributed by atoms with E-state index in [2.05, 4.69) is 32.2 Å². The molecule has 1 amide bonds. The predicted molar refractivity (Wildman–Crippen MR) is 150 cm³/mol. The molecule has 1 fully saturated rings. The molecule has 0 bridgehead atoms. The molecule has 0 saturated heterocycles. The molecule has 0 unspecified atom stereocenters. The van der Waals surface area contributed by atoms with Crippen LogP contribution in [0.25, 0.3) is 11.0 Å². The highest BCUT2D eigenvalue weighted by Gasteiger charge is 2.39. The number of aromatic nitrogens is 2. The number of benzene rings is 3. The zero-order valence-electron chi connectivity index (χ0n) is 21.8. The summed E-state index contributed by atoms with van der Waals surface area (Å²) in [5.74, 6) is 1.14. The summed E-state index contributed by atoms with van der Waals surface area (Å²) in [6, 6.07) is 18.4. The van der Waals surface area contributed by atoms with Gasteiger partial charge in [-0.15, -0.1) is 0 Å². The zero-order chi connectivity index (χ0) is 27.6. The lowest BCUT2D eigenvalue weighted by molar-refractivity contribution is -0.117. The summed E-state index contributed by atoms with van der Waals surface area (Å²) in [7, 11) is -1.02. The highest BCUT2D eigenvalue weighted by Crippen LogP contribution is 2.48. The van der Waals surface area contributed by atoms with Crippen molar-refractivity contribution < 1.29 is 22.7 Å². The van der Waals surface area contributed by atoms with Crippen LogP contribution in [0.5, 0.6) is 11.5 Å². The van der Waals surface area contributed by atoms with E-state index in [0.29, 0.717) is 40.3 Å². The minimum Gasteiger partial charge on any atom is -0.497 e. The first-order chi connectivity index (χ1) is 18.7. The Morgan fingerprint density at radius 2 is 1.51 bits per heavy atom. The molecule has 0 atom stereocenters. The van der Waals surface area contributed by atoms with Crippen molar-refractivity contribution >= 4 is 50.0 Å². The van der Waals surface area contributed by atoms with Crippen molar-refractivity contribution in [2.45, 2.75) is 31.1 Å². The molecule has 39 heavy (non-hydrogen) atoms. The van der Waals surface area contributed by atoms with Gasteiger partial charge < -0.3 is 20.1 Å². The molecule has 1 aliphatic carbocycles. The van der Waals surface area contributed by atoms with Crippen LogP contribution in [0.1, 0.15) is 26.2 Å². The number of hydrogen-bond acceptors (Lipinski definition) is 8. The number of para-hydroxylation sites is 2. The van der Waals surface area contributed by atoms with Gasteiger partial charge in [0.1, 0.15) is 11.5 Å². The van der Waals surface area contributed by atoms with Gasteiger partial charge in [-0.25, -0.2) is 18.4 Å². The van der Waals surface area contributed by atoms with E-state index in [-0.39, 0.29) is 27.9 Å². The quantitative estimate of drug-likeness (QED) is 0.243. The number of rotatable bonds is 10. The third kappa shape index (κ3) is 6.20. The zero-order valence-corrected chi connectivity index (χ0v) is 22.6. The van der Waals surface area contributed by atoms with Gasteiger partial charge in [-0.2, -0.15) is 0 Å². The van der Waals surface area contributed by atoms with Crippen LogP contribution in [0.15, 0.2) is 71.6 Å². The molecule has 1 saturated carbocycles. The van der Waals surface area contributed by atoms with E-state index < -0.39 is 10.0 Å². The van der Waals surface area contributed by atoms with E-state index in [0.717, 1.165) is 12.8 Å². The first-order valence-electron chi connectivity index (χ1n) is 12.4. The van der Waals surface area contributed by atoms with Gasteiger partial charge in [0.05, 0.1) is 30.1 Å². The second-order valence-electron chi connectivity index (χ2n) is 9.80. The fourth-order valence-corrected chi connectivity index (χ4v) is 5.14. The van der Waals surface area contributed by atoms with Crippen LogP contribution in [0.2, 0.25) is 0 Å². The lowest BCUT2D eigenvalue weighted by atomic mass is 10.1. The first-order valence-corrected chi connectivity index (χ1v) is 13.8. The van der Waals surface area contributed by atoms with E-state index in [1.807, 2.05) is 6.07 Å². The molecular formula is C28H29N5O5S. The number of carbonyl (C=O) groups excluding carboxylic acids is 1. The number of nitrogens with zero attached hydrogens (tertiary/aromatic N) is 2. The van der Waals surface area contributed by atoms with Crippen LogP contribution in [0, 0.1) is 5.41 Å². The summed E-state index contributed by atoms with van der Waals surface area (Å²) in [5, 5.41) is 5.95. The molecule has 1 heterocycles. The molecule has 0 aliphatic heterocycles. The van der Waals surface area contributed by atoms with Gasteiger partial charge in [0.2, 0.25) is 5.91 Å². The van der Waals surface area contributed by atoms with Crippen LogP contribution >= 0.6 is 0 Å². The second-order valence-corrected chi connectivity index (χ2v) is 11.5. The predicted octanol–water partition coefficient (Wildman–Crippen LogP) is 5.32. The van der Waals surface area contributed by atoms with Crippen molar-refractivity contribution in [1.29, 1.82) is 0 Å². The number of ether oxygens (including phenoxy) is 2. The minimum atomic E-state index is -4.10. The Morgan fingerprint density at radius 3 is 2.13 bits per heavy atom. The van der Waals surface area contributed by atoms with Crippen LogP contribution < -0.4 is 24.8 Å². The SMILES string of the molecule is COc1cc(Nc2nc3ccccc3nc2NS(=O)(=O)c2cccc(NC(=O)CC3(C)CC3)c2)cc(OC)c1. The van der Waals surface area contributed by atoms with E-state index in [4.69, 9.17) is 9.47 Å². The fourth-order valence-electron chi connectivity index (χ4n) is 4.08. The van der Waals surface area contributed by atoms with Crippen LogP contribution in [-0.4, -0.2) is 38.5 Å². The maximum absolute atomic E-state index is 13.5. The van der Waals surface area contributed by atoms with Crippen molar-refractivity contribution in [2.24, 2.45) is 5.41 Å². The molecular weight excluding hydrogens is 518 g/mol. The Balaban J connectivity index is 1.46. The van der Waals surface area contributed by atoms with E-state index in [9.17, 15) is 13.2 Å². The lowest BCUT2D eigenvalue weighted by Gasteiger charge is -2.15. The third-order valence-electron chi connectivity index (χ3n) is 6.53. The highest BCUT2D eigenvalue weighted by molar-refractivity contribution is 7.92. The molecule has 1 aromatic heterocycles. The molecule has 3 N–H and O–H groups in total. The van der Waals surface area contributed by atoms with Gasteiger partial charge in [-0.3, -0.25) is 9.52 Å². The van der Waals surface area contributed by atoms with Gasteiger partial charge in [-0.05, 0) is 48.6 Å². The molecule has 0 radical (unpaired) electrons. The van der Waals surface area contributed by atoms with Crippen LogP contribution in [0.3, 0.4) is 0 Å². The molecule has 202 valence electrons. The van der Waals surface area contributed by atoms with Crippen molar-refractivity contribution in [3.63, 3.8) is 0 Å². The smallest absolute Gasteiger partial charge is 0.263 e. The number of hydrogen-bond donors (Lipinski definition) is 3. The number of sulfonamides is 1. The van der Waals surface area contributed by atoms with Gasteiger partial charge >= 0.3 is 0 Å². The van der Waals surface area contributed by atoms with Crippen molar-refractivity contribution in [2.75, 3.05) is 29.6 Å². The summed E-state index contributed by atoms with van der Waals surface area (Å²) < 4.78 is 40.2. The number of carbonyl (C=O) groups is 1. The van der Waals surface area contributed by atoms with E-state index in [1.165, 1.54) is 26.4 Å². The standard InChI is InChI=1S/C28H29N5O5S/c1-28(11-12-28)17-25(34)29-18-7-6-8-22(15-18)39(35,36)33-27-26(31-23-9-4-5-10-24(23)32-27)30-19-13-20(37-2)16-21(14-19)38-3/h4-10,13-16H,11-12,17H2,1-3H3,(H,29,34)(H,30,31)(H,32,33). The summed E-state index contributed by atoms with van der Waals surface area (Å²) in [6.45, 7) is 2.06. The Bertz CT molecular complexity index is 1630. The molecule has 11 heteroatoms. The molecule has 10 nitrogen and oxygen atoms in total. The maximum Gasteiger partial charge on any atom is 0.263 e. The fraction of sp³-hybridized carbons (Fsp3) is 0.250. The lowest BCUT2D eigenvalue weighted by Crippen LogP contribution is -2.18. The van der Waals surface area contributed by atoms with Gasteiger partial charge in [0, 0.05) is 36.0 Å². The van der Waals surface area contributed by atoms with Crippen molar-refractivity contribution in [3.05, 3.63) is 66.7 Å². The minimum absolute atomic E-state index is 0.00610. The second kappa shape index (κ2) is 10.4. The van der Waals surface area contributed by atoms with Gasteiger partial charge in [0.25, 0.3) is 10.0 Å². The maximum atomic E-state index is 13.5. The largest absolute Gasteiger partial charge is 0.497 e.